The second-order valence-corrected chi connectivity index (χ2v) is 2.71. The lowest BCUT2D eigenvalue weighted by molar-refractivity contribution is 0.195. The summed E-state index contributed by atoms with van der Waals surface area (Å²) in [6.07, 6.45) is 2.84. The third kappa shape index (κ3) is 0.967. The van der Waals surface area contributed by atoms with E-state index >= 15 is 0 Å². The van der Waals surface area contributed by atoms with E-state index in [4.69, 9.17) is 0 Å². The summed E-state index contributed by atoms with van der Waals surface area (Å²) in [5.74, 6) is 0. The predicted octanol–water partition coefficient (Wildman–Crippen LogP) is 1.01. The summed E-state index contributed by atoms with van der Waals surface area (Å²) in [5, 5.41) is 17.0. The fourth-order valence-corrected chi connectivity index (χ4v) is 1.19. The minimum absolute atomic E-state index is 0.529. The van der Waals surface area contributed by atoms with E-state index in [1.165, 1.54) is 0 Å². The summed E-state index contributed by atoms with van der Waals surface area (Å²) in [4.78, 5) is 3.96. The van der Waals surface area contributed by atoms with E-state index in [0.29, 0.717) is 0 Å². The van der Waals surface area contributed by atoms with Gasteiger partial charge in [0, 0.05) is 17.8 Å². The lowest BCUT2D eigenvalue weighted by Crippen LogP contribution is -1.91. The van der Waals surface area contributed by atoms with Crippen LogP contribution in [0.5, 0.6) is 0 Å². The number of rotatable bonds is 1. The minimum atomic E-state index is -0.529. The molecule has 0 fully saturated rings. The maximum Gasteiger partial charge on any atom is 0.0955 e. The average Bonchev–Trinajstić information content (AvgIpc) is 2.47. The van der Waals surface area contributed by atoms with Gasteiger partial charge in [0.05, 0.1) is 17.3 Å². The molecule has 4 heteroatoms. The van der Waals surface area contributed by atoms with Crippen molar-refractivity contribution in [3.8, 4) is 0 Å². The highest BCUT2D eigenvalue weighted by atomic mass is 16.3. The van der Waals surface area contributed by atoms with Crippen molar-refractivity contribution in [2.24, 2.45) is 0 Å². The van der Waals surface area contributed by atoms with Crippen LogP contribution in [0.2, 0.25) is 0 Å². The van der Waals surface area contributed by atoms with Crippen molar-refractivity contribution in [1.29, 1.82) is 0 Å². The summed E-state index contributed by atoms with van der Waals surface area (Å²) < 4.78 is 0. The number of aromatic nitrogens is 3. The number of aliphatic hydroxyl groups excluding tert-OH is 1. The number of hydrogen-bond acceptors (Lipinski definition) is 3. The number of nitrogens with zero attached hydrogens (tertiary/aromatic N) is 2. The Balaban J connectivity index is 2.70. The first kappa shape index (κ1) is 7.24. The number of fused-ring (bicyclic) bond motifs is 1. The quantitative estimate of drug-likeness (QED) is 0.659. The zero-order valence-electron chi connectivity index (χ0n) is 6.65. The van der Waals surface area contributed by atoms with Gasteiger partial charge < -0.3 is 5.11 Å². The van der Waals surface area contributed by atoms with Crippen LogP contribution in [0.4, 0.5) is 0 Å². The highest BCUT2D eigenvalue weighted by Crippen LogP contribution is 2.19. The average molecular weight is 163 g/mol. The van der Waals surface area contributed by atoms with Gasteiger partial charge in [0.1, 0.15) is 0 Å². The van der Waals surface area contributed by atoms with Crippen molar-refractivity contribution in [2.45, 2.75) is 13.0 Å². The van der Waals surface area contributed by atoms with Crippen LogP contribution in [-0.4, -0.2) is 20.3 Å². The molecule has 0 aromatic carbocycles. The van der Waals surface area contributed by atoms with Gasteiger partial charge in [-0.25, -0.2) is 0 Å². The molecular formula is C8H9N3O. The Morgan fingerprint density at radius 3 is 3.17 bits per heavy atom. The molecule has 1 unspecified atom stereocenters. The molecule has 2 aromatic rings. The van der Waals surface area contributed by atoms with Gasteiger partial charge in [-0.3, -0.25) is 10.1 Å². The smallest absolute Gasteiger partial charge is 0.0955 e. The Hall–Kier alpha value is -1.42. The van der Waals surface area contributed by atoms with E-state index in [1.807, 2.05) is 0 Å². The molecule has 2 heterocycles. The molecule has 2 rings (SSSR count). The van der Waals surface area contributed by atoms with Crippen LogP contribution in [0.3, 0.4) is 0 Å². The molecular weight excluding hydrogens is 154 g/mol. The molecule has 0 aliphatic heterocycles. The number of pyridine rings is 1. The van der Waals surface area contributed by atoms with Crippen LogP contribution in [0.15, 0.2) is 18.5 Å². The summed E-state index contributed by atoms with van der Waals surface area (Å²) in [6.45, 7) is 1.69. The topological polar surface area (TPSA) is 61.8 Å². The molecule has 0 radical (unpaired) electrons. The lowest BCUT2D eigenvalue weighted by atomic mass is 10.2. The fraction of sp³-hybridized carbons (Fsp3) is 0.250. The van der Waals surface area contributed by atoms with Gasteiger partial charge in [-0.15, -0.1) is 0 Å². The van der Waals surface area contributed by atoms with E-state index in [0.717, 1.165) is 16.6 Å². The van der Waals surface area contributed by atoms with E-state index in [2.05, 4.69) is 15.2 Å². The van der Waals surface area contributed by atoms with E-state index in [1.54, 1.807) is 25.4 Å². The van der Waals surface area contributed by atoms with Gasteiger partial charge in [0.15, 0.2) is 0 Å². The van der Waals surface area contributed by atoms with Gasteiger partial charge in [-0.2, -0.15) is 5.10 Å². The van der Waals surface area contributed by atoms with Crippen molar-refractivity contribution in [2.75, 3.05) is 0 Å². The fourth-order valence-electron chi connectivity index (χ4n) is 1.19. The zero-order chi connectivity index (χ0) is 8.55. The van der Waals surface area contributed by atoms with E-state index < -0.39 is 6.10 Å². The van der Waals surface area contributed by atoms with Crippen molar-refractivity contribution >= 4 is 10.9 Å². The highest BCUT2D eigenvalue weighted by Gasteiger charge is 2.08. The number of H-pyrrole nitrogens is 1. The Morgan fingerprint density at radius 2 is 2.42 bits per heavy atom. The second-order valence-electron chi connectivity index (χ2n) is 2.71. The Morgan fingerprint density at radius 1 is 1.58 bits per heavy atom. The van der Waals surface area contributed by atoms with Crippen LogP contribution < -0.4 is 0 Å². The molecule has 0 aliphatic rings. The monoisotopic (exact) mass is 163 g/mol. The van der Waals surface area contributed by atoms with Crippen LogP contribution in [-0.2, 0) is 0 Å². The molecule has 0 saturated heterocycles. The number of nitrogens with one attached hydrogen (secondary N) is 1. The van der Waals surface area contributed by atoms with Crippen LogP contribution in [0, 0.1) is 0 Å². The largest absolute Gasteiger partial charge is 0.387 e. The third-order valence-corrected chi connectivity index (χ3v) is 1.80. The Kier molecular flexibility index (Phi) is 1.55. The SMILES string of the molecule is CC(O)c1[nH]nc2ccncc12. The molecule has 1 atom stereocenters. The summed E-state index contributed by atoms with van der Waals surface area (Å²) in [6, 6.07) is 1.80. The number of aromatic amines is 1. The summed E-state index contributed by atoms with van der Waals surface area (Å²) in [5.41, 5.74) is 1.55. The minimum Gasteiger partial charge on any atom is -0.387 e. The predicted molar refractivity (Wildman–Crippen MR) is 44.5 cm³/mol. The first-order valence-corrected chi connectivity index (χ1v) is 3.75. The Bertz CT molecular complexity index is 394. The summed E-state index contributed by atoms with van der Waals surface area (Å²) >= 11 is 0. The van der Waals surface area contributed by atoms with Crippen LogP contribution in [0.25, 0.3) is 10.9 Å². The van der Waals surface area contributed by atoms with Crippen molar-refractivity contribution < 1.29 is 5.11 Å². The van der Waals surface area contributed by atoms with Crippen LogP contribution >= 0.6 is 0 Å². The molecule has 2 N–H and O–H groups in total. The van der Waals surface area contributed by atoms with Gasteiger partial charge in [0.2, 0.25) is 0 Å². The standard InChI is InChI=1S/C8H9N3O/c1-5(12)8-6-4-9-3-2-7(6)10-11-8/h2-5,12H,1H3,(H,10,11). The van der Waals surface area contributed by atoms with E-state index in [-0.39, 0.29) is 0 Å². The molecule has 4 nitrogen and oxygen atoms in total. The molecule has 2 aromatic heterocycles. The van der Waals surface area contributed by atoms with Crippen molar-refractivity contribution in [3.63, 3.8) is 0 Å². The van der Waals surface area contributed by atoms with Crippen LogP contribution in [0.1, 0.15) is 18.7 Å². The zero-order valence-corrected chi connectivity index (χ0v) is 6.65. The van der Waals surface area contributed by atoms with Gasteiger partial charge in [-0.05, 0) is 13.0 Å². The molecule has 0 saturated carbocycles. The number of hydrogen-bond donors (Lipinski definition) is 2. The normalized spacial score (nSPS) is 13.5. The van der Waals surface area contributed by atoms with E-state index in [9.17, 15) is 5.11 Å². The molecule has 12 heavy (non-hydrogen) atoms. The maximum absolute atomic E-state index is 9.31. The van der Waals surface area contributed by atoms with Gasteiger partial charge in [-0.1, -0.05) is 0 Å². The number of aliphatic hydroxyl groups is 1. The third-order valence-electron chi connectivity index (χ3n) is 1.80. The molecule has 0 amide bonds. The van der Waals surface area contributed by atoms with Crippen molar-refractivity contribution in [1.82, 2.24) is 15.2 Å². The van der Waals surface area contributed by atoms with Gasteiger partial charge >= 0.3 is 0 Å². The molecule has 0 spiro atoms. The summed E-state index contributed by atoms with van der Waals surface area (Å²) in [7, 11) is 0. The van der Waals surface area contributed by atoms with Crippen molar-refractivity contribution in [3.05, 3.63) is 24.2 Å². The molecule has 0 aliphatic carbocycles. The second kappa shape index (κ2) is 2.57. The first-order chi connectivity index (χ1) is 5.79. The highest BCUT2D eigenvalue weighted by molar-refractivity contribution is 5.80. The molecule has 62 valence electrons. The molecule has 0 bridgehead atoms. The maximum atomic E-state index is 9.31. The lowest BCUT2D eigenvalue weighted by Gasteiger charge is -1.98. The van der Waals surface area contributed by atoms with Gasteiger partial charge in [0.25, 0.3) is 0 Å². The Labute approximate surface area is 69.3 Å². The first-order valence-electron chi connectivity index (χ1n) is 3.75.